The molecule has 0 aliphatic carbocycles. The first-order valence-corrected chi connectivity index (χ1v) is 12.3. The second-order valence-electron chi connectivity index (χ2n) is 7.97. The third-order valence-electron chi connectivity index (χ3n) is 5.46. The molecule has 1 amide bonds. The number of hydrogen-bond acceptors (Lipinski definition) is 8. The van der Waals surface area contributed by atoms with Crippen molar-refractivity contribution in [1.29, 1.82) is 0 Å². The van der Waals surface area contributed by atoms with E-state index in [1.54, 1.807) is 30.3 Å². The molecular weight excluding hydrogens is 482 g/mol. The third kappa shape index (κ3) is 7.44. The summed E-state index contributed by atoms with van der Waals surface area (Å²) in [6, 6.07) is 12.1. The fraction of sp³-hybridized carbons (Fsp3) is 0.409. The van der Waals surface area contributed by atoms with Crippen molar-refractivity contribution in [1.82, 2.24) is 9.79 Å². The molecule has 0 spiro atoms. The number of aliphatic hydroxyl groups is 1. The number of hydrogen-bond donors (Lipinski definition) is 3. The summed E-state index contributed by atoms with van der Waals surface area (Å²) in [5.74, 6) is 0. The molecule has 1 heterocycles. The molecule has 1 aliphatic rings. The van der Waals surface area contributed by atoms with E-state index >= 15 is 0 Å². The second-order valence-corrected chi connectivity index (χ2v) is 9.80. The molecule has 13 heteroatoms. The molecule has 0 aromatic heterocycles. The molecule has 0 unspecified atom stereocenters. The summed E-state index contributed by atoms with van der Waals surface area (Å²) in [5.41, 5.74) is 0.454. The minimum atomic E-state index is -4.36. The van der Waals surface area contributed by atoms with E-state index in [0.717, 1.165) is 29.8 Å². The molecule has 2 aromatic carbocycles. The zero-order chi connectivity index (χ0) is 25.4. The number of amides is 1. The molecule has 190 valence electrons. The molecule has 2 aromatic rings. The highest BCUT2D eigenvalue weighted by molar-refractivity contribution is 7.89. The van der Waals surface area contributed by atoms with E-state index < -0.39 is 45.8 Å². The van der Waals surface area contributed by atoms with Gasteiger partial charge in [0.25, 0.3) is 15.7 Å². The minimum Gasteiger partial charge on any atom is -0.465 e. The Morgan fingerprint density at radius 3 is 2.37 bits per heavy atom. The first kappa shape index (κ1) is 26.5. The number of nitrogens with one attached hydrogen (secondary N) is 1. The lowest BCUT2D eigenvalue weighted by Crippen LogP contribution is -2.51. The van der Waals surface area contributed by atoms with Crippen LogP contribution in [0.1, 0.15) is 18.4 Å². The number of aliphatic hydroxyl groups excluding tert-OH is 1. The van der Waals surface area contributed by atoms with Gasteiger partial charge in [-0.25, -0.2) is 13.2 Å². The van der Waals surface area contributed by atoms with Gasteiger partial charge in [0, 0.05) is 25.3 Å². The number of nitro groups is 1. The summed E-state index contributed by atoms with van der Waals surface area (Å²) >= 11 is 0. The molecule has 2 atom stereocenters. The zero-order valence-corrected chi connectivity index (χ0v) is 19.5. The smallest absolute Gasteiger partial charge is 0.404 e. The molecule has 35 heavy (non-hydrogen) atoms. The Kier molecular flexibility index (Phi) is 9.12. The van der Waals surface area contributed by atoms with Crippen molar-refractivity contribution >= 4 is 21.8 Å². The highest BCUT2D eigenvalue weighted by Gasteiger charge is 2.34. The van der Waals surface area contributed by atoms with Crippen LogP contribution in [0.25, 0.3) is 0 Å². The van der Waals surface area contributed by atoms with Gasteiger partial charge in [0.15, 0.2) is 0 Å². The molecule has 1 saturated heterocycles. The Morgan fingerprint density at radius 1 is 1.17 bits per heavy atom. The van der Waals surface area contributed by atoms with Gasteiger partial charge in [-0.3, -0.25) is 15.0 Å². The zero-order valence-electron chi connectivity index (χ0n) is 18.7. The maximum atomic E-state index is 13.4. The Labute approximate surface area is 202 Å². The van der Waals surface area contributed by atoms with Crippen LogP contribution < -0.4 is 5.32 Å². The first-order chi connectivity index (χ1) is 16.7. The average molecular weight is 510 g/mol. The van der Waals surface area contributed by atoms with Crippen LogP contribution in [0.15, 0.2) is 59.5 Å². The highest BCUT2D eigenvalue weighted by Crippen LogP contribution is 2.23. The van der Waals surface area contributed by atoms with Crippen LogP contribution in [0, 0.1) is 10.1 Å². The predicted octanol–water partition coefficient (Wildman–Crippen LogP) is 1.94. The number of non-ortho nitro benzene ring substituents is 1. The summed E-state index contributed by atoms with van der Waals surface area (Å²) in [5, 5.41) is 33.4. The van der Waals surface area contributed by atoms with Gasteiger partial charge in [-0.2, -0.15) is 0 Å². The van der Waals surface area contributed by atoms with Crippen molar-refractivity contribution < 1.29 is 37.9 Å². The van der Waals surface area contributed by atoms with Crippen LogP contribution >= 0.6 is 0 Å². The van der Waals surface area contributed by atoms with E-state index in [-0.39, 0.29) is 17.0 Å². The number of rotatable bonds is 11. The van der Waals surface area contributed by atoms with Gasteiger partial charge in [0.1, 0.15) is 0 Å². The molecule has 12 nitrogen and oxygen atoms in total. The second kappa shape index (κ2) is 12.0. The number of sulfonamides is 1. The molecule has 1 fully saturated rings. The van der Waals surface area contributed by atoms with E-state index in [4.69, 9.17) is 9.57 Å². The summed E-state index contributed by atoms with van der Waals surface area (Å²) < 4.78 is 32.7. The highest BCUT2D eigenvalue weighted by atomic mass is 32.2. The van der Waals surface area contributed by atoms with Crippen molar-refractivity contribution in [3.63, 3.8) is 0 Å². The van der Waals surface area contributed by atoms with Gasteiger partial charge in [0.2, 0.25) is 0 Å². The van der Waals surface area contributed by atoms with Crippen LogP contribution in [0.4, 0.5) is 10.5 Å². The number of nitro benzene ring substituents is 1. The summed E-state index contributed by atoms with van der Waals surface area (Å²) in [4.78, 5) is 27.1. The van der Waals surface area contributed by atoms with Crippen LogP contribution in [0.3, 0.4) is 0 Å². The molecule has 3 rings (SSSR count). The van der Waals surface area contributed by atoms with Crippen LogP contribution in [0.2, 0.25) is 0 Å². The number of hydroxylamine groups is 1. The summed E-state index contributed by atoms with van der Waals surface area (Å²) in [6.07, 6.45) is -2.41. The van der Waals surface area contributed by atoms with E-state index in [1.165, 1.54) is 0 Å². The quantitative estimate of drug-likeness (QED) is 0.303. The molecule has 1 aliphatic heterocycles. The molecule has 0 saturated carbocycles. The molecule has 0 radical (unpaired) electrons. The Balaban J connectivity index is 1.86. The number of carboxylic acid groups (broad SMARTS) is 1. The van der Waals surface area contributed by atoms with Crippen molar-refractivity contribution in [3.05, 3.63) is 70.3 Å². The molecule has 0 bridgehead atoms. The fourth-order valence-corrected chi connectivity index (χ4v) is 4.89. The van der Waals surface area contributed by atoms with E-state index in [9.17, 15) is 33.5 Å². The first-order valence-electron chi connectivity index (χ1n) is 10.9. The van der Waals surface area contributed by atoms with E-state index in [2.05, 4.69) is 5.32 Å². The third-order valence-corrected chi connectivity index (χ3v) is 7.10. The Hall–Kier alpha value is -3.10. The minimum absolute atomic E-state index is 0.108. The SMILES string of the molecule is O=C(O)N[C@@H](Cc1ccccc1)[C@H](O)CN(OC1CCOCC1)S(=O)(=O)c1ccc([N+](=O)[O-])cc1. The van der Waals surface area contributed by atoms with E-state index in [0.29, 0.717) is 30.5 Å². The van der Waals surface area contributed by atoms with Gasteiger partial charge >= 0.3 is 6.09 Å². The lowest BCUT2D eigenvalue weighted by atomic mass is 10.0. The normalized spacial score (nSPS) is 16.5. The number of nitrogens with zero attached hydrogens (tertiary/aromatic N) is 2. The number of benzene rings is 2. The largest absolute Gasteiger partial charge is 0.465 e. The number of carbonyl (C=O) groups is 1. The van der Waals surface area contributed by atoms with Gasteiger partial charge in [-0.1, -0.05) is 34.8 Å². The van der Waals surface area contributed by atoms with Crippen molar-refractivity contribution in [2.24, 2.45) is 0 Å². The summed E-state index contributed by atoms with van der Waals surface area (Å²) in [6.45, 7) is 0.167. The molecular formula is C22H27N3O9S. The standard InChI is InChI=1S/C22H27N3O9S/c26-21(20(23-22(27)28)14-16-4-2-1-3-5-16)15-24(34-18-10-12-33-13-11-18)35(31,32)19-8-6-17(7-9-19)25(29)30/h1-9,18,20-21,23,26H,10-15H2,(H,27,28)/t20-,21+/m0/s1. The van der Waals surface area contributed by atoms with Crippen molar-refractivity contribution in [3.8, 4) is 0 Å². The van der Waals surface area contributed by atoms with Crippen LogP contribution in [-0.4, -0.2) is 72.1 Å². The Bertz CT molecular complexity index is 1090. The Morgan fingerprint density at radius 2 is 1.80 bits per heavy atom. The van der Waals surface area contributed by atoms with Crippen molar-refractivity contribution in [2.75, 3.05) is 19.8 Å². The maximum Gasteiger partial charge on any atom is 0.404 e. The van der Waals surface area contributed by atoms with Gasteiger partial charge in [0.05, 0.1) is 34.6 Å². The summed E-state index contributed by atoms with van der Waals surface area (Å²) in [7, 11) is -4.36. The van der Waals surface area contributed by atoms with Crippen LogP contribution in [0.5, 0.6) is 0 Å². The number of ether oxygens (including phenoxy) is 1. The van der Waals surface area contributed by atoms with Gasteiger partial charge < -0.3 is 20.3 Å². The van der Waals surface area contributed by atoms with E-state index in [1.807, 2.05) is 0 Å². The van der Waals surface area contributed by atoms with Gasteiger partial charge in [-0.15, -0.1) is 0 Å². The van der Waals surface area contributed by atoms with Gasteiger partial charge in [-0.05, 0) is 37.0 Å². The van der Waals surface area contributed by atoms with Crippen LogP contribution in [-0.2, 0) is 26.0 Å². The lowest BCUT2D eigenvalue weighted by Gasteiger charge is -2.32. The lowest BCUT2D eigenvalue weighted by molar-refractivity contribution is -0.384. The average Bonchev–Trinajstić information content (AvgIpc) is 2.84. The fourth-order valence-electron chi connectivity index (χ4n) is 3.59. The topological polar surface area (TPSA) is 169 Å². The monoisotopic (exact) mass is 509 g/mol. The van der Waals surface area contributed by atoms with Crippen molar-refractivity contribution in [2.45, 2.75) is 42.4 Å². The predicted molar refractivity (Wildman–Crippen MR) is 123 cm³/mol. The molecule has 3 N–H and O–H groups in total. The maximum absolute atomic E-state index is 13.4.